The van der Waals surface area contributed by atoms with Crippen molar-refractivity contribution < 1.29 is 18.0 Å². The summed E-state index contributed by atoms with van der Waals surface area (Å²) in [5, 5.41) is 3.60. The van der Waals surface area contributed by atoms with E-state index in [0.29, 0.717) is 17.1 Å². The van der Waals surface area contributed by atoms with Crippen LogP contribution in [-0.4, -0.2) is 43.8 Å². The minimum Gasteiger partial charge on any atom is -0.352 e. The van der Waals surface area contributed by atoms with Crippen molar-refractivity contribution >= 4 is 39.1 Å². The van der Waals surface area contributed by atoms with Crippen LogP contribution >= 0.6 is 11.6 Å². The number of aryl methyl sites for hydroxylation is 1. The number of carbonyl (C=O) groups is 2. The molecule has 4 aromatic carbocycles. The Bertz CT molecular complexity index is 1730. The summed E-state index contributed by atoms with van der Waals surface area (Å²) in [4.78, 5) is 30.1. The van der Waals surface area contributed by atoms with Gasteiger partial charge in [-0.15, -0.1) is 0 Å². The molecule has 0 unspecified atom stereocenters. The Hall–Kier alpha value is -4.14. The van der Waals surface area contributed by atoms with Crippen molar-refractivity contribution in [2.75, 3.05) is 10.8 Å². The first-order chi connectivity index (χ1) is 22.4. The molecule has 0 aromatic heterocycles. The molecule has 2 atom stereocenters. The Morgan fingerprint density at radius 3 is 2.00 bits per heavy atom. The van der Waals surface area contributed by atoms with E-state index in [1.807, 2.05) is 63.2 Å². The second kappa shape index (κ2) is 16.1. The van der Waals surface area contributed by atoms with Crippen LogP contribution in [0.3, 0.4) is 0 Å². The van der Waals surface area contributed by atoms with Gasteiger partial charge >= 0.3 is 0 Å². The number of anilines is 1. The zero-order valence-corrected chi connectivity index (χ0v) is 29.3. The van der Waals surface area contributed by atoms with E-state index in [-0.39, 0.29) is 35.7 Å². The zero-order valence-electron chi connectivity index (χ0n) is 27.7. The van der Waals surface area contributed by atoms with Crippen molar-refractivity contribution in [1.29, 1.82) is 0 Å². The second-order valence-corrected chi connectivity index (χ2v) is 14.5. The predicted octanol–water partition coefficient (Wildman–Crippen LogP) is 7.52. The van der Waals surface area contributed by atoms with Gasteiger partial charge in [0.15, 0.2) is 0 Å². The van der Waals surface area contributed by atoms with Gasteiger partial charge in [-0.25, -0.2) is 8.42 Å². The van der Waals surface area contributed by atoms with Crippen LogP contribution in [0.1, 0.15) is 62.3 Å². The van der Waals surface area contributed by atoms with Crippen LogP contribution in [0, 0.1) is 6.92 Å². The SMILES string of the molecule is CC[C@@H](C)NC(=O)[C@@H](Cc1ccccc1)N(Cc1ccc(Cl)cc1)C(=O)CN(c1ccc(C(C)C)cc1)S(=O)(=O)c1ccc(C)cc1. The van der Waals surface area contributed by atoms with Gasteiger partial charge in [-0.05, 0) is 79.3 Å². The van der Waals surface area contributed by atoms with Crippen LogP contribution in [0.5, 0.6) is 0 Å². The maximum Gasteiger partial charge on any atom is 0.264 e. The van der Waals surface area contributed by atoms with Gasteiger partial charge < -0.3 is 10.2 Å². The first-order valence-electron chi connectivity index (χ1n) is 16.0. The summed E-state index contributed by atoms with van der Waals surface area (Å²) in [6.07, 6.45) is 0.958. The van der Waals surface area contributed by atoms with Gasteiger partial charge in [-0.1, -0.05) is 105 Å². The molecule has 9 heteroatoms. The molecule has 0 aliphatic carbocycles. The summed E-state index contributed by atoms with van der Waals surface area (Å²) in [6, 6.07) is 29.3. The van der Waals surface area contributed by atoms with Gasteiger partial charge in [0.2, 0.25) is 11.8 Å². The molecular formula is C38H44ClN3O4S. The molecule has 0 saturated carbocycles. The minimum atomic E-state index is -4.17. The summed E-state index contributed by atoms with van der Waals surface area (Å²) >= 11 is 6.17. The molecule has 7 nitrogen and oxygen atoms in total. The monoisotopic (exact) mass is 673 g/mol. The van der Waals surface area contributed by atoms with E-state index in [0.717, 1.165) is 26.6 Å². The lowest BCUT2D eigenvalue weighted by Gasteiger charge is -2.34. The van der Waals surface area contributed by atoms with Crippen molar-refractivity contribution in [1.82, 2.24) is 10.2 Å². The molecule has 2 amide bonds. The molecule has 1 N–H and O–H groups in total. The number of nitrogens with one attached hydrogen (secondary N) is 1. The first-order valence-corrected chi connectivity index (χ1v) is 17.8. The maximum absolute atomic E-state index is 14.6. The number of hydrogen-bond donors (Lipinski definition) is 1. The third-order valence-electron chi connectivity index (χ3n) is 8.27. The maximum atomic E-state index is 14.6. The summed E-state index contributed by atoms with van der Waals surface area (Å²) in [5.41, 5.74) is 3.95. The number of rotatable bonds is 14. The molecule has 0 bridgehead atoms. The first kappa shape index (κ1) is 35.7. The second-order valence-electron chi connectivity index (χ2n) is 12.2. The van der Waals surface area contributed by atoms with E-state index < -0.39 is 28.5 Å². The molecule has 4 aromatic rings. The molecule has 0 fully saturated rings. The Balaban J connectivity index is 1.81. The quantitative estimate of drug-likeness (QED) is 0.150. The Kier molecular flexibility index (Phi) is 12.2. The van der Waals surface area contributed by atoms with E-state index in [2.05, 4.69) is 19.2 Å². The number of halogens is 1. The van der Waals surface area contributed by atoms with E-state index in [9.17, 15) is 18.0 Å². The average Bonchev–Trinajstić information content (AvgIpc) is 3.06. The molecule has 0 aliphatic rings. The fraction of sp³-hybridized carbons (Fsp3) is 0.316. The molecule has 0 heterocycles. The largest absolute Gasteiger partial charge is 0.352 e. The number of sulfonamides is 1. The number of amides is 2. The van der Waals surface area contributed by atoms with Gasteiger partial charge in [-0.2, -0.15) is 0 Å². The summed E-state index contributed by atoms with van der Waals surface area (Å²) < 4.78 is 29.7. The van der Waals surface area contributed by atoms with E-state index in [1.54, 1.807) is 60.7 Å². The number of nitrogens with zero attached hydrogens (tertiary/aromatic N) is 2. The predicted molar refractivity (Wildman–Crippen MR) is 190 cm³/mol. The van der Waals surface area contributed by atoms with Crippen LogP contribution in [0.2, 0.25) is 5.02 Å². The van der Waals surface area contributed by atoms with Crippen LogP contribution < -0.4 is 9.62 Å². The van der Waals surface area contributed by atoms with Crippen molar-refractivity contribution in [3.05, 3.63) is 130 Å². The third kappa shape index (κ3) is 9.46. The van der Waals surface area contributed by atoms with Crippen molar-refractivity contribution in [2.45, 2.75) is 76.9 Å². The summed E-state index contributed by atoms with van der Waals surface area (Å²) in [7, 11) is -4.17. The van der Waals surface area contributed by atoms with E-state index >= 15 is 0 Å². The van der Waals surface area contributed by atoms with Crippen molar-refractivity contribution in [2.24, 2.45) is 0 Å². The van der Waals surface area contributed by atoms with Gasteiger partial charge in [0.1, 0.15) is 12.6 Å². The highest BCUT2D eigenvalue weighted by Gasteiger charge is 2.35. The molecule has 0 aliphatic heterocycles. The topological polar surface area (TPSA) is 86.8 Å². The van der Waals surface area contributed by atoms with E-state index in [4.69, 9.17) is 11.6 Å². The third-order valence-corrected chi connectivity index (χ3v) is 10.3. The standard InChI is InChI=1S/C38H44ClN3O4S/c1-6-29(5)40-38(44)36(24-30-10-8-7-9-11-30)41(25-31-14-18-33(39)19-15-31)37(43)26-42(34-20-16-32(17-21-34)27(2)3)47(45,46)35-22-12-28(4)13-23-35/h7-23,27,29,36H,6,24-26H2,1-5H3,(H,40,44)/t29-,36-/m1/s1. The Labute approximate surface area is 284 Å². The van der Waals surface area contributed by atoms with Gasteiger partial charge in [0.05, 0.1) is 10.6 Å². The lowest BCUT2D eigenvalue weighted by atomic mass is 10.0. The zero-order chi connectivity index (χ0) is 34.1. The van der Waals surface area contributed by atoms with Gasteiger partial charge in [0.25, 0.3) is 10.0 Å². The highest BCUT2D eigenvalue weighted by molar-refractivity contribution is 7.92. The number of benzene rings is 4. The smallest absolute Gasteiger partial charge is 0.264 e. The van der Waals surface area contributed by atoms with Crippen LogP contribution in [0.15, 0.2) is 108 Å². The highest BCUT2D eigenvalue weighted by atomic mass is 35.5. The molecular weight excluding hydrogens is 630 g/mol. The Morgan fingerprint density at radius 1 is 0.809 bits per heavy atom. The highest BCUT2D eigenvalue weighted by Crippen LogP contribution is 2.27. The lowest BCUT2D eigenvalue weighted by molar-refractivity contribution is -0.140. The molecule has 248 valence electrons. The fourth-order valence-electron chi connectivity index (χ4n) is 5.17. The minimum absolute atomic E-state index is 0.0726. The van der Waals surface area contributed by atoms with E-state index in [1.165, 1.54) is 4.90 Å². The number of hydrogen-bond acceptors (Lipinski definition) is 4. The van der Waals surface area contributed by atoms with Crippen molar-refractivity contribution in [3.63, 3.8) is 0 Å². The summed E-state index contributed by atoms with van der Waals surface area (Å²) in [5.74, 6) is -0.575. The lowest BCUT2D eigenvalue weighted by Crippen LogP contribution is -2.54. The Morgan fingerprint density at radius 2 is 1.43 bits per heavy atom. The van der Waals surface area contributed by atoms with Gasteiger partial charge in [0, 0.05) is 24.0 Å². The normalized spacial score (nSPS) is 12.7. The molecule has 47 heavy (non-hydrogen) atoms. The average molecular weight is 674 g/mol. The molecule has 0 radical (unpaired) electrons. The fourth-order valence-corrected chi connectivity index (χ4v) is 6.71. The molecule has 0 spiro atoms. The summed E-state index contributed by atoms with van der Waals surface area (Å²) in [6.45, 7) is 9.47. The number of carbonyl (C=O) groups excluding carboxylic acids is 2. The molecule has 0 saturated heterocycles. The van der Waals surface area contributed by atoms with Crippen LogP contribution in [0.25, 0.3) is 0 Å². The van der Waals surface area contributed by atoms with Crippen LogP contribution in [-0.2, 0) is 32.6 Å². The van der Waals surface area contributed by atoms with Crippen LogP contribution in [0.4, 0.5) is 5.69 Å². The van der Waals surface area contributed by atoms with Gasteiger partial charge in [-0.3, -0.25) is 13.9 Å². The molecule has 4 rings (SSSR count). The van der Waals surface area contributed by atoms with Crippen molar-refractivity contribution in [3.8, 4) is 0 Å².